The van der Waals surface area contributed by atoms with Crippen molar-refractivity contribution < 1.29 is 18.0 Å². The predicted octanol–water partition coefficient (Wildman–Crippen LogP) is 4.32. The second kappa shape index (κ2) is 8.49. The molecule has 0 fully saturated rings. The highest BCUT2D eigenvalue weighted by Gasteiger charge is 2.31. The van der Waals surface area contributed by atoms with Crippen molar-refractivity contribution in [1.82, 2.24) is 19.5 Å². The number of carbonyl (C=O) groups excluding carboxylic acids is 1. The van der Waals surface area contributed by atoms with Crippen LogP contribution in [0.15, 0.2) is 48.8 Å². The van der Waals surface area contributed by atoms with Crippen molar-refractivity contribution in [2.45, 2.75) is 26.1 Å². The van der Waals surface area contributed by atoms with E-state index in [0.29, 0.717) is 23.8 Å². The van der Waals surface area contributed by atoms with Gasteiger partial charge in [0.05, 0.1) is 17.4 Å². The molecular weight excluding hydrogens is 459 g/mol. The molecule has 1 amide bonds. The lowest BCUT2D eigenvalue weighted by molar-refractivity contribution is -0.137. The van der Waals surface area contributed by atoms with E-state index in [4.69, 9.17) is 5.41 Å². The molecule has 1 aromatic heterocycles. The predicted molar refractivity (Wildman–Crippen MR) is 123 cm³/mol. The maximum absolute atomic E-state index is 13.0. The Bertz CT molecular complexity index is 1480. The Kier molecular flexibility index (Phi) is 5.46. The molecule has 3 N–H and O–H groups in total. The zero-order valence-electron chi connectivity index (χ0n) is 18.6. The molecule has 5 rings (SSSR count). The van der Waals surface area contributed by atoms with E-state index in [1.807, 2.05) is 17.6 Å². The molecule has 0 aliphatic carbocycles. The molecule has 8 nitrogen and oxygen atoms in total. The van der Waals surface area contributed by atoms with Crippen LogP contribution in [0.1, 0.15) is 28.0 Å². The normalized spacial score (nSPS) is 13.3. The van der Waals surface area contributed by atoms with E-state index < -0.39 is 17.6 Å². The molecule has 2 aromatic rings. The van der Waals surface area contributed by atoms with Crippen LogP contribution < -0.4 is 16.3 Å². The molecule has 0 unspecified atom stereocenters. The van der Waals surface area contributed by atoms with E-state index in [9.17, 15) is 18.0 Å². The number of hydrogen-bond donors (Lipinski definition) is 3. The van der Waals surface area contributed by atoms with Gasteiger partial charge in [0.1, 0.15) is 11.6 Å². The van der Waals surface area contributed by atoms with Gasteiger partial charge in [-0.3, -0.25) is 15.2 Å². The average molecular weight is 479 g/mol. The summed E-state index contributed by atoms with van der Waals surface area (Å²) in [6, 6.07) is 7.91. The first kappa shape index (κ1) is 22.5. The van der Waals surface area contributed by atoms with Crippen LogP contribution in [0.4, 0.5) is 24.7 Å². The third-order valence-corrected chi connectivity index (χ3v) is 5.81. The van der Waals surface area contributed by atoms with Gasteiger partial charge in [-0.2, -0.15) is 18.2 Å². The van der Waals surface area contributed by atoms with Crippen LogP contribution in [0.25, 0.3) is 22.5 Å². The Labute approximate surface area is 197 Å². The van der Waals surface area contributed by atoms with Crippen molar-refractivity contribution in [2.75, 3.05) is 17.2 Å². The summed E-state index contributed by atoms with van der Waals surface area (Å²) in [6.45, 7) is 3.30. The van der Waals surface area contributed by atoms with Crippen LogP contribution in [0.2, 0.25) is 0 Å². The van der Waals surface area contributed by atoms with E-state index in [1.54, 1.807) is 12.3 Å². The maximum Gasteiger partial charge on any atom is 0.416 e. The number of anilines is 2. The standard InChI is InChI=1S/C24H20F3N7O/c1-13-18(19-9-15-11-31-23(28)33-20(15)34-7-3-6-29-21(19)34)10-17(12-30-13)32-22(35)14-4-2-5-16(8-14)24(25,26)27/h2,4-5,8-12,28-29H,3,6-7H2,1H3,(H,32,35). The molecule has 0 saturated heterocycles. The summed E-state index contributed by atoms with van der Waals surface area (Å²) < 4.78 is 41.1. The third kappa shape index (κ3) is 4.32. The van der Waals surface area contributed by atoms with Gasteiger partial charge in [-0.15, -0.1) is 0 Å². The van der Waals surface area contributed by atoms with Gasteiger partial charge in [0.15, 0.2) is 0 Å². The van der Waals surface area contributed by atoms with E-state index in [2.05, 4.69) is 25.6 Å². The lowest BCUT2D eigenvalue weighted by Crippen LogP contribution is -2.24. The number of rotatable bonds is 3. The molecule has 4 heterocycles. The molecule has 3 aliphatic rings. The first-order chi connectivity index (χ1) is 16.7. The number of aryl methyl sites for hydroxylation is 1. The minimum atomic E-state index is -4.54. The monoisotopic (exact) mass is 479 g/mol. The highest BCUT2D eigenvalue weighted by Crippen LogP contribution is 2.38. The summed E-state index contributed by atoms with van der Waals surface area (Å²) in [4.78, 5) is 25.4. The Morgan fingerprint density at radius 3 is 2.77 bits per heavy atom. The molecule has 35 heavy (non-hydrogen) atoms. The summed E-state index contributed by atoms with van der Waals surface area (Å²) in [5.74, 6) is 0.792. The zero-order valence-corrected chi connectivity index (χ0v) is 18.6. The zero-order chi connectivity index (χ0) is 24.7. The van der Waals surface area contributed by atoms with E-state index in [1.165, 1.54) is 18.3 Å². The number of aromatic nitrogens is 4. The van der Waals surface area contributed by atoms with Crippen molar-refractivity contribution in [3.8, 4) is 22.5 Å². The fourth-order valence-electron chi connectivity index (χ4n) is 4.15. The SMILES string of the molecule is Cc1ncc(NC(=O)c2cccc(C(F)(F)F)c2)cc1-c1cc2cnc(=N)nc-2n2c1NCCC2. The summed E-state index contributed by atoms with van der Waals surface area (Å²) >= 11 is 0. The number of carbonyl (C=O) groups is 1. The Morgan fingerprint density at radius 2 is 1.97 bits per heavy atom. The number of nitrogens with zero attached hydrogens (tertiary/aromatic N) is 4. The molecule has 1 aromatic carbocycles. The number of hydrogen-bond acceptors (Lipinski definition) is 6. The summed E-state index contributed by atoms with van der Waals surface area (Å²) in [5.41, 5.74) is 2.29. The maximum atomic E-state index is 13.0. The Hall–Kier alpha value is -4.28. The van der Waals surface area contributed by atoms with Gasteiger partial charge in [0.2, 0.25) is 5.62 Å². The number of nitrogens with one attached hydrogen (secondary N) is 3. The van der Waals surface area contributed by atoms with Crippen molar-refractivity contribution >= 4 is 17.4 Å². The number of amides is 1. The average Bonchev–Trinajstić information content (AvgIpc) is 2.84. The van der Waals surface area contributed by atoms with Gasteiger partial charge in [0, 0.05) is 47.2 Å². The fraction of sp³-hybridized carbons (Fsp3) is 0.208. The van der Waals surface area contributed by atoms with Crippen molar-refractivity contribution in [3.05, 3.63) is 71.2 Å². The van der Waals surface area contributed by atoms with Crippen LogP contribution in [-0.2, 0) is 12.7 Å². The molecule has 0 bridgehead atoms. The minimum absolute atomic E-state index is 0.0670. The Balaban J connectivity index is 1.55. The number of pyridine rings is 2. The van der Waals surface area contributed by atoms with Gasteiger partial charge in [0.25, 0.3) is 5.91 Å². The minimum Gasteiger partial charge on any atom is -0.371 e. The lowest BCUT2D eigenvalue weighted by Gasteiger charge is -2.28. The van der Waals surface area contributed by atoms with Gasteiger partial charge in [-0.25, -0.2) is 4.98 Å². The molecule has 178 valence electrons. The summed E-state index contributed by atoms with van der Waals surface area (Å²) in [5, 5.41) is 13.8. The highest BCUT2D eigenvalue weighted by atomic mass is 19.4. The molecule has 0 atom stereocenters. The smallest absolute Gasteiger partial charge is 0.371 e. The molecule has 3 aliphatic heterocycles. The van der Waals surface area contributed by atoms with Crippen LogP contribution in [0.3, 0.4) is 0 Å². The molecular formula is C24H20F3N7O. The molecule has 11 heteroatoms. The van der Waals surface area contributed by atoms with Gasteiger partial charge < -0.3 is 15.2 Å². The van der Waals surface area contributed by atoms with Gasteiger partial charge in [-0.05, 0) is 43.7 Å². The number of halogens is 3. The first-order valence-electron chi connectivity index (χ1n) is 10.9. The highest BCUT2D eigenvalue weighted by molar-refractivity contribution is 6.04. The summed E-state index contributed by atoms with van der Waals surface area (Å²) in [6.07, 6.45) is -0.594. The van der Waals surface area contributed by atoms with Crippen LogP contribution in [0, 0.1) is 12.3 Å². The Morgan fingerprint density at radius 1 is 1.14 bits per heavy atom. The van der Waals surface area contributed by atoms with Crippen LogP contribution in [-0.4, -0.2) is 32.0 Å². The van der Waals surface area contributed by atoms with Gasteiger partial charge in [-0.1, -0.05) is 6.07 Å². The molecule has 0 saturated carbocycles. The van der Waals surface area contributed by atoms with E-state index in [0.717, 1.165) is 47.6 Å². The topological polar surface area (TPSA) is 109 Å². The molecule has 0 radical (unpaired) electrons. The van der Waals surface area contributed by atoms with Gasteiger partial charge >= 0.3 is 6.18 Å². The molecule has 0 spiro atoms. The number of alkyl halides is 3. The lowest BCUT2D eigenvalue weighted by atomic mass is 10.0. The first-order valence-corrected chi connectivity index (χ1v) is 10.9. The number of fused-ring (bicyclic) bond motifs is 3. The summed E-state index contributed by atoms with van der Waals surface area (Å²) in [7, 11) is 0. The largest absolute Gasteiger partial charge is 0.416 e. The second-order valence-electron chi connectivity index (χ2n) is 8.20. The van der Waals surface area contributed by atoms with Crippen molar-refractivity contribution in [2.24, 2.45) is 0 Å². The number of benzene rings is 1. The van der Waals surface area contributed by atoms with E-state index >= 15 is 0 Å². The van der Waals surface area contributed by atoms with Crippen molar-refractivity contribution in [1.29, 1.82) is 5.41 Å². The third-order valence-electron chi connectivity index (χ3n) is 5.81. The second-order valence-corrected chi connectivity index (χ2v) is 8.20. The fourth-order valence-corrected chi connectivity index (χ4v) is 4.15. The van der Waals surface area contributed by atoms with E-state index in [-0.39, 0.29) is 11.2 Å². The van der Waals surface area contributed by atoms with Crippen molar-refractivity contribution in [3.63, 3.8) is 0 Å². The van der Waals surface area contributed by atoms with Crippen LogP contribution >= 0.6 is 0 Å². The van der Waals surface area contributed by atoms with Crippen LogP contribution in [0.5, 0.6) is 0 Å². The quantitative estimate of drug-likeness (QED) is 0.406.